The van der Waals surface area contributed by atoms with Gasteiger partial charge in [0.15, 0.2) is 0 Å². The van der Waals surface area contributed by atoms with E-state index < -0.39 is 15.9 Å². The number of carbonyl (C=O) groups is 2. The average molecular weight is 445 g/mol. The van der Waals surface area contributed by atoms with Crippen LogP contribution in [0.4, 0.5) is 0 Å². The fourth-order valence-electron chi connectivity index (χ4n) is 2.81. The first kappa shape index (κ1) is 24.3. The Morgan fingerprint density at radius 1 is 1.03 bits per heavy atom. The molecule has 2 aromatic carbocycles. The molecule has 1 unspecified atom stereocenters. The van der Waals surface area contributed by atoms with Crippen molar-refractivity contribution < 1.29 is 22.7 Å². The first-order chi connectivity index (χ1) is 14.9. The van der Waals surface area contributed by atoms with Crippen LogP contribution in [0.1, 0.15) is 24.5 Å². The number of benzene rings is 2. The largest absolute Gasteiger partial charge is 0.466 e. The number of ether oxygens (including phenoxy) is 1. The van der Waals surface area contributed by atoms with Crippen molar-refractivity contribution in [3.63, 3.8) is 0 Å². The third-order valence-corrected chi connectivity index (χ3v) is 5.49. The maximum Gasteiger partial charge on any atom is 0.311 e. The molecular weight excluding hydrogens is 416 g/mol. The highest BCUT2D eigenvalue weighted by molar-refractivity contribution is 7.92. The van der Waals surface area contributed by atoms with Crippen LogP contribution in [-0.2, 0) is 30.8 Å². The van der Waals surface area contributed by atoms with Crippen LogP contribution in [0.15, 0.2) is 66.1 Å². The fraction of sp³-hybridized carbons (Fsp3) is 0.304. The molecular formula is C23H28N2O5S. The van der Waals surface area contributed by atoms with E-state index in [0.29, 0.717) is 6.42 Å². The second kappa shape index (κ2) is 12.7. The highest BCUT2D eigenvalue weighted by Crippen LogP contribution is 2.10. The maximum absolute atomic E-state index is 12.2. The number of hydrogen-bond acceptors (Lipinski definition) is 5. The number of carbonyl (C=O) groups excluding carboxylic acids is 2. The van der Waals surface area contributed by atoms with Crippen molar-refractivity contribution in [2.24, 2.45) is 5.92 Å². The quantitative estimate of drug-likeness (QED) is 0.490. The van der Waals surface area contributed by atoms with Gasteiger partial charge in [-0.15, -0.1) is 0 Å². The standard InChI is InChI=1S/C23H28N2O5S/c1-2-30-23(27)21(17-20-11-7-4-8-12-20)18-24-22(26)13-15-25-31(28,29)16-14-19-9-5-3-6-10-19/h3-12,14,16,21,25H,2,13,15,17-18H2,1H3,(H,24,26)/b16-14+. The topological polar surface area (TPSA) is 102 Å². The summed E-state index contributed by atoms with van der Waals surface area (Å²) >= 11 is 0. The van der Waals surface area contributed by atoms with Gasteiger partial charge in [0.05, 0.1) is 12.5 Å². The summed E-state index contributed by atoms with van der Waals surface area (Å²) in [4.78, 5) is 24.4. The number of amides is 1. The van der Waals surface area contributed by atoms with E-state index in [-0.39, 0.29) is 38.0 Å². The molecule has 0 saturated carbocycles. The van der Waals surface area contributed by atoms with Gasteiger partial charge >= 0.3 is 5.97 Å². The molecule has 0 fully saturated rings. The monoisotopic (exact) mass is 444 g/mol. The normalized spacial score (nSPS) is 12.4. The Kier molecular flexibility index (Phi) is 9.93. The summed E-state index contributed by atoms with van der Waals surface area (Å²) in [6.07, 6.45) is 1.88. The van der Waals surface area contributed by atoms with Gasteiger partial charge in [0.1, 0.15) is 0 Å². The van der Waals surface area contributed by atoms with Gasteiger partial charge in [-0.1, -0.05) is 60.7 Å². The number of rotatable bonds is 12. The summed E-state index contributed by atoms with van der Waals surface area (Å²) in [7, 11) is -3.65. The Morgan fingerprint density at radius 2 is 1.68 bits per heavy atom. The molecule has 31 heavy (non-hydrogen) atoms. The molecule has 0 spiro atoms. The molecule has 2 aromatic rings. The zero-order valence-corrected chi connectivity index (χ0v) is 18.3. The predicted octanol–water partition coefficient (Wildman–Crippen LogP) is 2.51. The van der Waals surface area contributed by atoms with Crippen LogP contribution >= 0.6 is 0 Å². The van der Waals surface area contributed by atoms with Crippen molar-refractivity contribution in [2.45, 2.75) is 19.8 Å². The lowest BCUT2D eigenvalue weighted by Crippen LogP contribution is -2.36. The number of esters is 1. The van der Waals surface area contributed by atoms with Crippen molar-refractivity contribution >= 4 is 28.0 Å². The average Bonchev–Trinajstić information content (AvgIpc) is 2.77. The zero-order valence-electron chi connectivity index (χ0n) is 17.5. The predicted molar refractivity (Wildman–Crippen MR) is 120 cm³/mol. The van der Waals surface area contributed by atoms with Crippen LogP contribution in [0.3, 0.4) is 0 Å². The van der Waals surface area contributed by atoms with Gasteiger partial charge < -0.3 is 10.1 Å². The van der Waals surface area contributed by atoms with Crippen molar-refractivity contribution in [3.8, 4) is 0 Å². The van der Waals surface area contributed by atoms with E-state index in [2.05, 4.69) is 10.0 Å². The van der Waals surface area contributed by atoms with Crippen molar-refractivity contribution in [1.29, 1.82) is 0 Å². The molecule has 0 aliphatic carbocycles. The molecule has 0 aliphatic heterocycles. The summed E-state index contributed by atoms with van der Waals surface area (Å²) in [6.45, 7) is 2.06. The molecule has 0 aromatic heterocycles. The maximum atomic E-state index is 12.2. The molecule has 2 N–H and O–H groups in total. The molecule has 0 heterocycles. The highest BCUT2D eigenvalue weighted by atomic mass is 32.2. The molecule has 8 heteroatoms. The van der Waals surface area contributed by atoms with Gasteiger partial charge in [0, 0.05) is 24.9 Å². The second-order valence-electron chi connectivity index (χ2n) is 6.85. The molecule has 1 atom stereocenters. The second-order valence-corrected chi connectivity index (χ2v) is 8.50. The Bertz CT molecular complexity index is 960. The fourth-order valence-corrected chi connectivity index (χ4v) is 3.63. The van der Waals surface area contributed by atoms with E-state index in [1.807, 2.05) is 48.5 Å². The van der Waals surface area contributed by atoms with Crippen LogP contribution in [0.25, 0.3) is 6.08 Å². The Balaban J connectivity index is 1.80. The van der Waals surface area contributed by atoms with Gasteiger partial charge in [-0.25, -0.2) is 13.1 Å². The van der Waals surface area contributed by atoms with Gasteiger partial charge in [-0.3, -0.25) is 9.59 Å². The Morgan fingerprint density at radius 3 is 2.32 bits per heavy atom. The molecule has 7 nitrogen and oxygen atoms in total. The summed E-state index contributed by atoms with van der Waals surface area (Å²) in [6, 6.07) is 18.5. The van der Waals surface area contributed by atoms with E-state index in [1.165, 1.54) is 6.08 Å². The first-order valence-corrected chi connectivity index (χ1v) is 11.6. The zero-order chi connectivity index (χ0) is 22.5. The van der Waals surface area contributed by atoms with E-state index in [0.717, 1.165) is 16.5 Å². The smallest absolute Gasteiger partial charge is 0.311 e. The number of nitrogens with one attached hydrogen (secondary N) is 2. The molecule has 2 rings (SSSR count). The van der Waals surface area contributed by atoms with Gasteiger partial charge in [-0.05, 0) is 30.5 Å². The van der Waals surface area contributed by atoms with Crippen molar-refractivity contribution in [1.82, 2.24) is 10.0 Å². The van der Waals surface area contributed by atoms with E-state index in [9.17, 15) is 18.0 Å². The van der Waals surface area contributed by atoms with Crippen molar-refractivity contribution in [2.75, 3.05) is 19.7 Å². The molecule has 0 bridgehead atoms. The molecule has 1 amide bonds. The third-order valence-electron chi connectivity index (χ3n) is 4.39. The van der Waals surface area contributed by atoms with Gasteiger partial charge in [0.2, 0.25) is 15.9 Å². The summed E-state index contributed by atoms with van der Waals surface area (Å²) in [5, 5.41) is 3.76. The summed E-state index contributed by atoms with van der Waals surface area (Å²) in [5.41, 5.74) is 1.72. The van der Waals surface area contributed by atoms with Gasteiger partial charge in [0.25, 0.3) is 0 Å². The van der Waals surface area contributed by atoms with Crippen LogP contribution in [0.5, 0.6) is 0 Å². The molecule has 0 radical (unpaired) electrons. The van der Waals surface area contributed by atoms with E-state index in [1.54, 1.807) is 19.1 Å². The summed E-state index contributed by atoms with van der Waals surface area (Å²) < 4.78 is 31.5. The van der Waals surface area contributed by atoms with Crippen LogP contribution in [-0.4, -0.2) is 40.0 Å². The lowest BCUT2D eigenvalue weighted by molar-refractivity contribution is -0.147. The molecule has 0 aliphatic rings. The summed E-state index contributed by atoms with van der Waals surface area (Å²) in [5.74, 6) is -1.24. The highest BCUT2D eigenvalue weighted by Gasteiger charge is 2.21. The minimum absolute atomic E-state index is 0.0424. The number of hydrogen-bond donors (Lipinski definition) is 2. The van der Waals surface area contributed by atoms with Gasteiger partial charge in [-0.2, -0.15) is 0 Å². The van der Waals surface area contributed by atoms with Crippen LogP contribution < -0.4 is 10.0 Å². The Hall–Kier alpha value is -2.97. The molecule has 166 valence electrons. The van der Waals surface area contributed by atoms with E-state index in [4.69, 9.17) is 4.74 Å². The first-order valence-electron chi connectivity index (χ1n) is 10.1. The van der Waals surface area contributed by atoms with Crippen molar-refractivity contribution in [3.05, 3.63) is 77.2 Å². The minimum atomic E-state index is -3.65. The molecule has 0 saturated heterocycles. The lowest BCUT2D eigenvalue weighted by atomic mass is 9.99. The lowest BCUT2D eigenvalue weighted by Gasteiger charge is -2.16. The minimum Gasteiger partial charge on any atom is -0.466 e. The number of sulfonamides is 1. The SMILES string of the molecule is CCOC(=O)C(CNC(=O)CCNS(=O)(=O)/C=C/c1ccccc1)Cc1ccccc1. The van der Waals surface area contributed by atoms with Crippen LogP contribution in [0, 0.1) is 5.92 Å². The van der Waals surface area contributed by atoms with Crippen LogP contribution in [0.2, 0.25) is 0 Å². The third kappa shape index (κ3) is 9.59. The van der Waals surface area contributed by atoms with E-state index >= 15 is 0 Å². The Labute approximate surface area is 183 Å².